The molecule has 1 aromatic heterocycles. The number of nitrogens with one attached hydrogen (secondary N) is 1. The van der Waals surface area contributed by atoms with E-state index in [1.807, 2.05) is 12.1 Å². The van der Waals surface area contributed by atoms with Gasteiger partial charge in [-0.2, -0.15) is 0 Å². The summed E-state index contributed by atoms with van der Waals surface area (Å²) in [6.45, 7) is 1.15. The number of para-hydroxylation sites is 1. The molecular weight excluding hydrogens is 419 g/mol. The van der Waals surface area contributed by atoms with E-state index in [0.29, 0.717) is 11.4 Å². The Morgan fingerprint density at radius 1 is 1.36 bits per heavy atom. The molecule has 0 aliphatic heterocycles. The maximum atomic E-state index is 11.7. The molecule has 0 saturated carbocycles. The Kier molecular flexibility index (Phi) is 5.72. The van der Waals surface area contributed by atoms with E-state index in [-0.39, 0.29) is 18.0 Å². The number of anilines is 1. The van der Waals surface area contributed by atoms with Crippen LogP contribution >= 0.6 is 33.9 Å². The van der Waals surface area contributed by atoms with Crippen molar-refractivity contribution in [2.75, 3.05) is 11.9 Å². The Bertz CT molecular complexity index is 753. The first-order valence-electron chi connectivity index (χ1n) is 6.32. The molecule has 0 unspecified atom stereocenters. The Morgan fingerprint density at radius 2 is 2.09 bits per heavy atom. The minimum atomic E-state index is -0.624. The number of hydrogen-bond acceptors (Lipinski definition) is 5. The lowest BCUT2D eigenvalue weighted by Gasteiger charge is -2.08. The van der Waals surface area contributed by atoms with Crippen LogP contribution in [0.2, 0.25) is 0 Å². The highest BCUT2D eigenvalue weighted by Crippen LogP contribution is 2.16. The molecule has 0 atom stereocenters. The van der Waals surface area contributed by atoms with Crippen LogP contribution in [-0.4, -0.2) is 23.1 Å². The van der Waals surface area contributed by atoms with Gasteiger partial charge < -0.3 is 10.1 Å². The maximum Gasteiger partial charge on any atom is 0.326 e. The molecule has 0 radical (unpaired) electrons. The van der Waals surface area contributed by atoms with Gasteiger partial charge in [0, 0.05) is 14.6 Å². The lowest BCUT2D eigenvalue weighted by molar-refractivity contribution is -0.147. The largest absolute Gasteiger partial charge is 0.454 e. The molecule has 2 rings (SSSR count). The zero-order chi connectivity index (χ0) is 16.1. The Balaban J connectivity index is 1.85. The number of nitrogens with zero attached hydrogens (tertiary/aromatic N) is 1. The van der Waals surface area contributed by atoms with Crippen molar-refractivity contribution >= 4 is 51.5 Å². The predicted molar refractivity (Wildman–Crippen MR) is 92.1 cm³/mol. The highest BCUT2D eigenvalue weighted by molar-refractivity contribution is 14.1. The van der Waals surface area contributed by atoms with Crippen LogP contribution in [0, 0.1) is 10.5 Å². The molecule has 1 N–H and O–H groups in total. The number of carbonyl (C=O) groups excluding carboxylic acids is 2. The average Bonchev–Trinajstić information content (AvgIpc) is 2.79. The van der Waals surface area contributed by atoms with Gasteiger partial charge in [-0.3, -0.25) is 19.0 Å². The predicted octanol–water partition coefficient (Wildman–Crippen LogP) is 2.00. The third-order valence-corrected chi connectivity index (χ3v) is 4.60. The van der Waals surface area contributed by atoms with Crippen molar-refractivity contribution in [2.24, 2.45) is 0 Å². The molecule has 2 aromatic rings. The van der Waals surface area contributed by atoms with E-state index in [2.05, 4.69) is 27.9 Å². The molecule has 0 saturated heterocycles. The van der Waals surface area contributed by atoms with Gasteiger partial charge in [-0.1, -0.05) is 23.5 Å². The number of aromatic nitrogens is 1. The second kappa shape index (κ2) is 7.54. The topological polar surface area (TPSA) is 77.4 Å². The highest BCUT2D eigenvalue weighted by Gasteiger charge is 2.12. The summed E-state index contributed by atoms with van der Waals surface area (Å²) in [6, 6.07) is 7.28. The van der Waals surface area contributed by atoms with Crippen molar-refractivity contribution < 1.29 is 14.3 Å². The molecule has 0 aliphatic rings. The number of ether oxygens (including phenoxy) is 1. The minimum Gasteiger partial charge on any atom is -0.454 e. The summed E-state index contributed by atoms with van der Waals surface area (Å²) in [5.74, 6) is -1.05. The number of hydrogen-bond donors (Lipinski definition) is 1. The number of thiazole rings is 1. The summed E-state index contributed by atoms with van der Waals surface area (Å²) >= 11 is 3.12. The van der Waals surface area contributed by atoms with Crippen LogP contribution in [0.1, 0.15) is 5.69 Å². The van der Waals surface area contributed by atoms with Crippen molar-refractivity contribution in [3.05, 3.63) is 48.6 Å². The number of benzene rings is 1. The van der Waals surface area contributed by atoms with Gasteiger partial charge in [-0.05, 0) is 41.6 Å². The lowest BCUT2D eigenvalue weighted by atomic mass is 10.3. The van der Waals surface area contributed by atoms with E-state index in [1.165, 1.54) is 4.57 Å². The van der Waals surface area contributed by atoms with E-state index in [0.717, 1.165) is 14.9 Å². The summed E-state index contributed by atoms with van der Waals surface area (Å²) in [5, 5.41) is 4.32. The van der Waals surface area contributed by atoms with Gasteiger partial charge in [-0.15, -0.1) is 0 Å². The fourth-order valence-electron chi connectivity index (χ4n) is 1.67. The minimum absolute atomic E-state index is 0.190. The number of carbonyl (C=O) groups is 2. The van der Waals surface area contributed by atoms with Crippen molar-refractivity contribution in [3.63, 3.8) is 0 Å². The zero-order valence-electron chi connectivity index (χ0n) is 11.7. The molecule has 0 bridgehead atoms. The zero-order valence-corrected chi connectivity index (χ0v) is 14.6. The Morgan fingerprint density at radius 3 is 2.73 bits per heavy atom. The van der Waals surface area contributed by atoms with Crippen LogP contribution in [-0.2, 0) is 20.9 Å². The molecule has 0 spiro atoms. The summed E-state index contributed by atoms with van der Waals surface area (Å²) < 4.78 is 7.09. The maximum absolute atomic E-state index is 11.7. The Hall–Kier alpha value is -1.68. The fourth-order valence-corrected chi connectivity index (χ4v) is 2.92. The third kappa shape index (κ3) is 4.41. The van der Waals surface area contributed by atoms with Crippen molar-refractivity contribution in [2.45, 2.75) is 13.5 Å². The van der Waals surface area contributed by atoms with Gasteiger partial charge >= 0.3 is 10.8 Å². The molecule has 6 nitrogen and oxygen atoms in total. The molecule has 116 valence electrons. The van der Waals surface area contributed by atoms with Crippen molar-refractivity contribution in [1.82, 2.24) is 4.57 Å². The van der Waals surface area contributed by atoms with Gasteiger partial charge in [0.25, 0.3) is 5.91 Å². The van der Waals surface area contributed by atoms with Crippen LogP contribution in [0.5, 0.6) is 0 Å². The van der Waals surface area contributed by atoms with Crippen LogP contribution in [0.25, 0.3) is 0 Å². The molecule has 22 heavy (non-hydrogen) atoms. The SMILES string of the molecule is Cc1csc(=O)n1CC(=O)OCC(=O)Nc1ccccc1I. The highest BCUT2D eigenvalue weighted by atomic mass is 127. The fraction of sp³-hybridized carbons (Fsp3) is 0.214. The third-order valence-electron chi connectivity index (χ3n) is 2.78. The van der Waals surface area contributed by atoms with Crippen molar-refractivity contribution in [3.8, 4) is 0 Å². The number of esters is 1. The van der Waals surface area contributed by atoms with Crippen LogP contribution in [0.3, 0.4) is 0 Å². The van der Waals surface area contributed by atoms with E-state index < -0.39 is 11.9 Å². The van der Waals surface area contributed by atoms with Gasteiger partial charge in [-0.25, -0.2) is 0 Å². The van der Waals surface area contributed by atoms with Crippen LogP contribution in [0.4, 0.5) is 5.69 Å². The van der Waals surface area contributed by atoms with Crippen LogP contribution in [0.15, 0.2) is 34.4 Å². The second-order valence-electron chi connectivity index (χ2n) is 4.42. The van der Waals surface area contributed by atoms with E-state index >= 15 is 0 Å². The normalized spacial score (nSPS) is 10.3. The molecule has 1 amide bonds. The quantitative estimate of drug-likeness (QED) is 0.580. The average molecular weight is 432 g/mol. The molecule has 8 heteroatoms. The molecule has 0 aliphatic carbocycles. The number of amides is 1. The number of rotatable bonds is 5. The van der Waals surface area contributed by atoms with E-state index in [9.17, 15) is 14.4 Å². The van der Waals surface area contributed by atoms with Gasteiger partial charge in [0.15, 0.2) is 6.61 Å². The van der Waals surface area contributed by atoms with Crippen LogP contribution < -0.4 is 10.2 Å². The summed E-state index contributed by atoms with van der Waals surface area (Å²) in [4.78, 5) is 34.7. The molecular formula is C14H13IN2O4S. The number of halogens is 1. The van der Waals surface area contributed by atoms with Crippen molar-refractivity contribution in [1.29, 1.82) is 0 Å². The Labute approximate surface area is 144 Å². The summed E-state index contributed by atoms with van der Waals surface area (Å²) in [5.41, 5.74) is 1.35. The lowest BCUT2D eigenvalue weighted by Crippen LogP contribution is -2.26. The van der Waals surface area contributed by atoms with Gasteiger partial charge in [0.05, 0.1) is 5.69 Å². The molecule has 1 aromatic carbocycles. The molecule has 1 heterocycles. The van der Waals surface area contributed by atoms with E-state index in [4.69, 9.17) is 4.74 Å². The first-order chi connectivity index (χ1) is 10.5. The summed E-state index contributed by atoms with van der Waals surface area (Å²) in [7, 11) is 0. The van der Waals surface area contributed by atoms with Gasteiger partial charge in [0.1, 0.15) is 6.54 Å². The smallest absolute Gasteiger partial charge is 0.326 e. The first-order valence-corrected chi connectivity index (χ1v) is 8.28. The second-order valence-corrected chi connectivity index (χ2v) is 6.40. The summed E-state index contributed by atoms with van der Waals surface area (Å²) in [6.07, 6.45) is 0. The van der Waals surface area contributed by atoms with Gasteiger partial charge in [0.2, 0.25) is 0 Å². The standard InChI is InChI=1S/C14H13IN2O4S/c1-9-8-22-14(20)17(9)6-13(19)21-7-12(18)16-11-5-3-2-4-10(11)15/h2-5,8H,6-7H2,1H3,(H,16,18). The van der Waals surface area contributed by atoms with E-state index in [1.54, 1.807) is 24.4 Å². The number of aryl methyl sites for hydroxylation is 1. The first kappa shape index (κ1) is 16.7. The molecule has 0 fully saturated rings. The monoisotopic (exact) mass is 432 g/mol.